The van der Waals surface area contributed by atoms with E-state index in [4.69, 9.17) is 4.74 Å². The smallest absolute Gasteiger partial charge is 0.410 e. The molecule has 86 valence electrons. The van der Waals surface area contributed by atoms with E-state index in [1.165, 1.54) is 0 Å². The van der Waals surface area contributed by atoms with Crippen molar-refractivity contribution >= 4 is 17.9 Å². The number of thioether (sulfide) groups is 1. The lowest BCUT2D eigenvalue weighted by molar-refractivity contribution is 0.0174. The van der Waals surface area contributed by atoms with E-state index in [1.807, 2.05) is 37.4 Å². The molecule has 15 heavy (non-hydrogen) atoms. The van der Waals surface area contributed by atoms with Gasteiger partial charge in [0.05, 0.1) is 0 Å². The third-order valence-electron chi connectivity index (χ3n) is 2.84. The molecule has 2 aliphatic rings. The Hall–Kier alpha value is -0.380. The van der Waals surface area contributed by atoms with Crippen LogP contribution < -0.4 is 0 Å². The molecule has 0 aromatic carbocycles. The van der Waals surface area contributed by atoms with E-state index in [0.717, 1.165) is 24.3 Å². The summed E-state index contributed by atoms with van der Waals surface area (Å²) >= 11 is 1.96. The van der Waals surface area contributed by atoms with Crippen LogP contribution in [0.25, 0.3) is 0 Å². The molecule has 2 fully saturated rings. The second kappa shape index (κ2) is 3.89. The summed E-state index contributed by atoms with van der Waals surface area (Å²) in [5.41, 5.74) is -0.374. The van der Waals surface area contributed by atoms with E-state index in [2.05, 4.69) is 0 Å². The molecular weight excluding hydrogens is 210 g/mol. The molecule has 2 unspecified atom stereocenters. The van der Waals surface area contributed by atoms with Gasteiger partial charge in [-0.2, -0.15) is 11.8 Å². The predicted molar refractivity (Wildman–Crippen MR) is 62.2 cm³/mol. The second-order valence-electron chi connectivity index (χ2n) is 5.31. The quantitative estimate of drug-likeness (QED) is 0.639. The van der Waals surface area contributed by atoms with Gasteiger partial charge in [-0.05, 0) is 33.6 Å². The molecule has 0 saturated carbocycles. The molecule has 2 rings (SSSR count). The molecule has 4 heteroatoms. The van der Waals surface area contributed by atoms with Gasteiger partial charge in [-0.25, -0.2) is 4.79 Å². The van der Waals surface area contributed by atoms with Crippen LogP contribution >= 0.6 is 11.8 Å². The van der Waals surface area contributed by atoms with E-state index in [0.29, 0.717) is 12.1 Å². The SMILES string of the molecule is CC(C)(C)OC(=O)N1C2CCC1CSC2. The number of nitrogens with zero attached hydrogens (tertiary/aromatic N) is 1. The van der Waals surface area contributed by atoms with Gasteiger partial charge in [0.2, 0.25) is 0 Å². The average Bonchev–Trinajstić information content (AvgIpc) is 2.34. The molecule has 2 heterocycles. The highest BCUT2D eigenvalue weighted by molar-refractivity contribution is 7.99. The largest absolute Gasteiger partial charge is 0.444 e. The first-order valence-electron chi connectivity index (χ1n) is 5.56. The summed E-state index contributed by atoms with van der Waals surface area (Å²) in [6.07, 6.45) is 2.18. The Balaban J connectivity index is 2.01. The number of hydrogen-bond donors (Lipinski definition) is 0. The molecule has 0 N–H and O–H groups in total. The number of ether oxygens (including phenoxy) is 1. The lowest BCUT2D eigenvalue weighted by atomic mass is 10.2. The monoisotopic (exact) mass is 229 g/mol. The van der Waals surface area contributed by atoms with Crippen LogP contribution in [0.1, 0.15) is 33.6 Å². The van der Waals surface area contributed by atoms with Gasteiger partial charge in [-0.1, -0.05) is 0 Å². The van der Waals surface area contributed by atoms with Crippen molar-refractivity contribution in [3.63, 3.8) is 0 Å². The van der Waals surface area contributed by atoms with Gasteiger partial charge in [0, 0.05) is 23.6 Å². The maximum Gasteiger partial charge on any atom is 0.410 e. The van der Waals surface area contributed by atoms with Gasteiger partial charge in [-0.3, -0.25) is 0 Å². The Morgan fingerprint density at radius 3 is 2.27 bits per heavy atom. The van der Waals surface area contributed by atoms with Crippen LogP contribution in [0.4, 0.5) is 4.79 Å². The summed E-state index contributed by atoms with van der Waals surface area (Å²) in [5, 5.41) is 0. The second-order valence-corrected chi connectivity index (χ2v) is 6.38. The molecule has 3 nitrogen and oxygen atoms in total. The standard InChI is InChI=1S/C11H19NO2S/c1-11(2,3)14-10(13)12-8-4-5-9(12)7-15-6-8/h8-9H,4-7H2,1-3H3. The van der Waals surface area contributed by atoms with E-state index < -0.39 is 0 Å². The van der Waals surface area contributed by atoms with Crippen molar-refractivity contribution < 1.29 is 9.53 Å². The molecule has 2 saturated heterocycles. The van der Waals surface area contributed by atoms with Crippen LogP contribution in [-0.4, -0.2) is 40.2 Å². The molecular formula is C11H19NO2S. The third-order valence-corrected chi connectivity index (χ3v) is 4.09. The average molecular weight is 229 g/mol. The Morgan fingerprint density at radius 1 is 1.27 bits per heavy atom. The van der Waals surface area contributed by atoms with Crippen molar-refractivity contribution in [3.05, 3.63) is 0 Å². The topological polar surface area (TPSA) is 29.5 Å². The highest BCUT2D eigenvalue weighted by Crippen LogP contribution is 2.35. The maximum atomic E-state index is 12.0. The number of carbonyl (C=O) groups excluding carboxylic acids is 1. The highest BCUT2D eigenvalue weighted by atomic mass is 32.2. The van der Waals surface area contributed by atoms with Gasteiger partial charge in [-0.15, -0.1) is 0 Å². The van der Waals surface area contributed by atoms with Crippen molar-refractivity contribution in [3.8, 4) is 0 Å². The maximum absolute atomic E-state index is 12.0. The van der Waals surface area contributed by atoms with Crippen LogP contribution in [0, 0.1) is 0 Å². The minimum absolute atomic E-state index is 0.115. The molecule has 0 spiro atoms. The van der Waals surface area contributed by atoms with Gasteiger partial charge < -0.3 is 9.64 Å². The fourth-order valence-electron chi connectivity index (χ4n) is 2.24. The zero-order valence-corrected chi connectivity index (χ0v) is 10.5. The Bertz CT molecular complexity index is 246. The first-order valence-corrected chi connectivity index (χ1v) is 6.72. The third kappa shape index (κ3) is 2.41. The number of fused-ring (bicyclic) bond motifs is 2. The van der Waals surface area contributed by atoms with Crippen molar-refractivity contribution in [2.75, 3.05) is 11.5 Å². The van der Waals surface area contributed by atoms with E-state index in [9.17, 15) is 4.79 Å². The summed E-state index contributed by atoms with van der Waals surface area (Å²) < 4.78 is 5.44. The predicted octanol–water partition coefficient (Wildman–Crippen LogP) is 2.50. The van der Waals surface area contributed by atoms with Crippen LogP contribution in [0.5, 0.6) is 0 Å². The molecule has 1 amide bonds. The summed E-state index contributed by atoms with van der Waals surface area (Å²) in [6.45, 7) is 5.77. The minimum Gasteiger partial charge on any atom is -0.444 e. The number of hydrogen-bond acceptors (Lipinski definition) is 3. The minimum atomic E-state index is -0.374. The molecule has 2 atom stereocenters. The van der Waals surface area contributed by atoms with Crippen molar-refractivity contribution in [1.29, 1.82) is 0 Å². The van der Waals surface area contributed by atoms with E-state index in [1.54, 1.807) is 0 Å². The van der Waals surface area contributed by atoms with Gasteiger partial charge in [0.15, 0.2) is 0 Å². The zero-order valence-electron chi connectivity index (χ0n) is 9.66. The number of amides is 1. The highest BCUT2D eigenvalue weighted by Gasteiger charge is 2.41. The van der Waals surface area contributed by atoms with Crippen LogP contribution in [0.3, 0.4) is 0 Å². The first kappa shape index (κ1) is 11.1. The van der Waals surface area contributed by atoms with Gasteiger partial charge in [0.25, 0.3) is 0 Å². The van der Waals surface area contributed by atoms with Crippen LogP contribution in [0.2, 0.25) is 0 Å². The van der Waals surface area contributed by atoms with Crippen molar-refractivity contribution in [2.45, 2.75) is 51.3 Å². The van der Waals surface area contributed by atoms with Crippen molar-refractivity contribution in [1.82, 2.24) is 4.90 Å². The summed E-state index contributed by atoms with van der Waals surface area (Å²) in [5.74, 6) is 2.16. The van der Waals surface area contributed by atoms with E-state index >= 15 is 0 Å². The first-order chi connectivity index (χ1) is 6.97. The molecule has 0 aliphatic carbocycles. The molecule has 0 aromatic heterocycles. The lowest BCUT2D eigenvalue weighted by Crippen LogP contribution is -2.48. The summed E-state index contributed by atoms with van der Waals surface area (Å²) in [6, 6.07) is 0.840. The van der Waals surface area contributed by atoms with Crippen LogP contribution in [0.15, 0.2) is 0 Å². The van der Waals surface area contributed by atoms with Crippen molar-refractivity contribution in [2.24, 2.45) is 0 Å². The zero-order chi connectivity index (χ0) is 11.1. The summed E-state index contributed by atoms with van der Waals surface area (Å²) in [7, 11) is 0. The number of carbonyl (C=O) groups is 1. The molecule has 2 aliphatic heterocycles. The van der Waals surface area contributed by atoms with Gasteiger partial charge in [0.1, 0.15) is 5.60 Å². The van der Waals surface area contributed by atoms with Gasteiger partial charge >= 0.3 is 6.09 Å². The fraction of sp³-hybridized carbons (Fsp3) is 0.909. The summed E-state index contributed by atoms with van der Waals surface area (Å²) in [4.78, 5) is 13.9. The molecule has 0 radical (unpaired) electrons. The lowest BCUT2D eigenvalue weighted by Gasteiger charge is -2.35. The van der Waals surface area contributed by atoms with Crippen LogP contribution in [-0.2, 0) is 4.74 Å². The fourth-order valence-corrected chi connectivity index (χ4v) is 3.58. The van der Waals surface area contributed by atoms with E-state index in [-0.39, 0.29) is 11.7 Å². The number of rotatable bonds is 0. The normalized spacial score (nSPS) is 30.5. The molecule has 2 bridgehead atoms. The Morgan fingerprint density at radius 2 is 1.80 bits per heavy atom. The molecule has 0 aromatic rings. The Labute approximate surface area is 95.5 Å². The Kier molecular flexibility index (Phi) is 2.88.